The van der Waals surface area contributed by atoms with Gasteiger partial charge in [-0.2, -0.15) is 0 Å². The third-order valence-electron chi connectivity index (χ3n) is 2.94. The molecule has 106 valence electrons. The zero-order valence-corrected chi connectivity index (χ0v) is 11.9. The molecular weight excluding hydrogens is 276 g/mol. The lowest BCUT2D eigenvalue weighted by Crippen LogP contribution is -2.32. The zero-order chi connectivity index (χ0) is 14.5. The van der Waals surface area contributed by atoms with Crippen molar-refractivity contribution < 1.29 is 9.90 Å². The Bertz CT molecular complexity index is 634. The van der Waals surface area contributed by atoms with Crippen molar-refractivity contribution in [2.24, 2.45) is 7.05 Å². The van der Waals surface area contributed by atoms with Crippen molar-refractivity contribution in [2.45, 2.75) is 12.5 Å². The van der Waals surface area contributed by atoms with E-state index >= 15 is 0 Å². The van der Waals surface area contributed by atoms with Crippen molar-refractivity contribution >= 4 is 17.2 Å². The molecule has 1 unspecified atom stereocenters. The number of thiophene rings is 1. The van der Waals surface area contributed by atoms with Gasteiger partial charge in [-0.1, -0.05) is 6.07 Å². The van der Waals surface area contributed by atoms with Crippen LogP contribution < -0.4 is 10.9 Å². The summed E-state index contributed by atoms with van der Waals surface area (Å²) in [6.07, 6.45) is 1.42. The second-order valence-electron chi connectivity index (χ2n) is 4.41. The van der Waals surface area contributed by atoms with Crippen LogP contribution in [-0.4, -0.2) is 22.1 Å². The van der Waals surface area contributed by atoms with Crippen molar-refractivity contribution in [2.75, 3.05) is 6.54 Å². The Labute approximate surface area is 120 Å². The van der Waals surface area contributed by atoms with Gasteiger partial charge in [-0.05, 0) is 30.0 Å². The van der Waals surface area contributed by atoms with Crippen LogP contribution in [0.3, 0.4) is 0 Å². The summed E-state index contributed by atoms with van der Waals surface area (Å²) in [4.78, 5) is 24.5. The third kappa shape index (κ3) is 3.34. The van der Waals surface area contributed by atoms with Gasteiger partial charge in [0.2, 0.25) is 0 Å². The molecule has 0 aliphatic carbocycles. The molecule has 2 heterocycles. The summed E-state index contributed by atoms with van der Waals surface area (Å²) in [6.45, 7) is 0.315. The molecule has 1 amide bonds. The highest BCUT2D eigenvalue weighted by Gasteiger charge is 2.12. The van der Waals surface area contributed by atoms with Gasteiger partial charge in [-0.15, -0.1) is 11.3 Å². The minimum atomic E-state index is -0.589. The van der Waals surface area contributed by atoms with Crippen LogP contribution in [0.1, 0.15) is 27.8 Å². The van der Waals surface area contributed by atoms with E-state index < -0.39 is 12.0 Å². The van der Waals surface area contributed by atoms with Gasteiger partial charge < -0.3 is 15.0 Å². The largest absolute Gasteiger partial charge is 0.388 e. The average molecular weight is 292 g/mol. The number of amides is 1. The first kappa shape index (κ1) is 14.5. The lowest BCUT2D eigenvalue weighted by Gasteiger charge is -2.09. The Morgan fingerprint density at radius 3 is 2.95 bits per heavy atom. The Morgan fingerprint density at radius 2 is 2.25 bits per heavy atom. The molecule has 0 radical (unpaired) electrons. The van der Waals surface area contributed by atoms with Gasteiger partial charge >= 0.3 is 0 Å². The number of nitrogens with zero attached hydrogens (tertiary/aromatic N) is 1. The first-order valence-electron chi connectivity index (χ1n) is 6.25. The maximum absolute atomic E-state index is 11.9. The van der Waals surface area contributed by atoms with E-state index in [0.29, 0.717) is 13.0 Å². The molecule has 0 aliphatic rings. The fourth-order valence-corrected chi connectivity index (χ4v) is 2.56. The molecule has 2 aromatic rings. The number of hydrogen-bond acceptors (Lipinski definition) is 4. The predicted octanol–water partition coefficient (Wildman–Crippen LogP) is 1.30. The Balaban J connectivity index is 1.90. The summed E-state index contributed by atoms with van der Waals surface area (Å²) in [5, 5.41) is 14.4. The second kappa shape index (κ2) is 6.49. The van der Waals surface area contributed by atoms with Crippen molar-refractivity contribution in [1.82, 2.24) is 9.88 Å². The van der Waals surface area contributed by atoms with Crippen LogP contribution in [0, 0.1) is 0 Å². The van der Waals surface area contributed by atoms with Crippen LogP contribution >= 0.6 is 11.3 Å². The van der Waals surface area contributed by atoms with E-state index in [2.05, 4.69) is 5.32 Å². The van der Waals surface area contributed by atoms with Gasteiger partial charge in [0.25, 0.3) is 11.5 Å². The summed E-state index contributed by atoms with van der Waals surface area (Å²) in [5.74, 6) is -0.412. The molecule has 2 N–H and O–H groups in total. The van der Waals surface area contributed by atoms with Crippen LogP contribution in [0.25, 0.3) is 0 Å². The van der Waals surface area contributed by atoms with Crippen LogP contribution in [0.2, 0.25) is 0 Å². The number of hydrogen-bond donors (Lipinski definition) is 2. The molecule has 0 aliphatic heterocycles. The minimum Gasteiger partial charge on any atom is -0.388 e. The van der Waals surface area contributed by atoms with Crippen molar-refractivity contribution in [3.63, 3.8) is 0 Å². The maximum Gasteiger partial charge on any atom is 0.263 e. The molecule has 0 bridgehead atoms. The molecule has 0 spiro atoms. The topological polar surface area (TPSA) is 71.3 Å². The van der Waals surface area contributed by atoms with E-state index in [1.165, 1.54) is 22.0 Å². The molecule has 5 nitrogen and oxygen atoms in total. The predicted molar refractivity (Wildman–Crippen MR) is 77.9 cm³/mol. The normalized spacial score (nSPS) is 12.1. The number of rotatable bonds is 5. The van der Waals surface area contributed by atoms with Gasteiger partial charge in [-0.25, -0.2) is 0 Å². The maximum atomic E-state index is 11.9. The number of aryl methyl sites for hydroxylation is 1. The van der Waals surface area contributed by atoms with Crippen LogP contribution in [0.15, 0.2) is 40.6 Å². The fraction of sp³-hybridized carbons (Fsp3) is 0.286. The number of pyridine rings is 1. The standard InChI is InChI=1S/C14H16N2O3S/c1-16-8-2-4-10(14(16)19)13(18)15-7-6-11(17)12-5-3-9-20-12/h2-5,8-9,11,17H,6-7H2,1H3,(H,15,18). The summed E-state index contributed by atoms with van der Waals surface area (Å²) in [7, 11) is 1.60. The quantitative estimate of drug-likeness (QED) is 0.872. The van der Waals surface area contributed by atoms with Gasteiger partial charge in [0.1, 0.15) is 5.56 Å². The van der Waals surface area contributed by atoms with E-state index in [9.17, 15) is 14.7 Å². The van der Waals surface area contributed by atoms with Crippen LogP contribution in [0.5, 0.6) is 0 Å². The van der Waals surface area contributed by atoms with Crippen LogP contribution in [-0.2, 0) is 7.05 Å². The first-order chi connectivity index (χ1) is 9.59. The van der Waals surface area contributed by atoms with E-state index in [0.717, 1.165) is 4.88 Å². The molecule has 2 aromatic heterocycles. The van der Waals surface area contributed by atoms with Gasteiger partial charge in [0.05, 0.1) is 6.10 Å². The molecule has 2 rings (SSSR count). The van der Waals surface area contributed by atoms with E-state index in [4.69, 9.17) is 0 Å². The number of aliphatic hydroxyl groups excluding tert-OH is 1. The van der Waals surface area contributed by atoms with Gasteiger partial charge in [0, 0.05) is 24.7 Å². The van der Waals surface area contributed by atoms with Crippen LogP contribution in [0.4, 0.5) is 0 Å². The average Bonchev–Trinajstić information content (AvgIpc) is 2.95. The first-order valence-corrected chi connectivity index (χ1v) is 7.13. The third-order valence-corrected chi connectivity index (χ3v) is 3.92. The highest BCUT2D eigenvalue weighted by atomic mass is 32.1. The molecule has 0 saturated heterocycles. The Hall–Kier alpha value is -1.92. The summed E-state index contributed by atoms with van der Waals surface area (Å²) in [6, 6.07) is 6.86. The highest BCUT2D eigenvalue weighted by molar-refractivity contribution is 7.10. The Morgan fingerprint density at radius 1 is 1.45 bits per heavy atom. The van der Waals surface area contributed by atoms with E-state index in [1.807, 2.05) is 17.5 Å². The molecule has 6 heteroatoms. The van der Waals surface area contributed by atoms with Crippen molar-refractivity contribution in [3.05, 3.63) is 56.6 Å². The lowest BCUT2D eigenvalue weighted by molar-refractivity contribution is 0.0941. The van der Waals surface area contributed by atoms with Gasteiger partial charge in [0.15, 0.2) is 0 Å². The van der Waals surface area contributed by atoms with Crippen molar-refractivity contribution in [1.29, 1.82) is 0 Å². The van der Waals surface area contributed by atoms with Gasteiger partial charge in [-0.3, -0.25) is 9.59 Å². The Kier molecular flexibility index (Phi) is 4.70. The fourth-order valence-electron chi connectivity index (χ4n) is 1.81. The number of aliphatic hydroxyl groups is 1. The molecule has 1 atom stereocenters. The molecule has 0 saturated carbocycles. The van der Waals surface area contributed by atoms with E-state index in [-0.39, 0.29) is 11.1 Å². The number of nitrogens with one attached hydrogen (secondary N) is 1. The minimum absolute atomic E-state index is 0.112. The summed E-state index contributed by atoms with van der Waals surface area (Å²) in [5.41, 5.74) is -0.218. The van der Waals surface area contributed by atoms with E-state index in [1.54, 1.807) is 19.3 Å². The lowest BCUT2D eigenvalue weighted by atomic mass is 10.2. The molecular formula is C14H16N2O3S. The zero-order valence-electron chi connectivity index (χ0n) is 11.1. The summed E-state index contributed by atoms with van der Waals surface area (Å²) >= 11 is 1.47. The molecule has 0 aromatic carbocycles. The monoisotopic (exact) mass is 292 g/mol. The highest BCUT2D eigenvalue weighted by Crippen LogP contribution is 2.20. The van der Waals surface area contributed by atoms with Crippen molar-refractivity contribution in [3.8, 4) is 0 Å². The SMILES string of the molecule is Cn1cccc(C(=O)NCCC(O)c2cccs2)c1=O. The number of carbonyl (C=O) groups is 1. The molecule has 0 fully saturated rings. The summed E-state index contributed by atoms with van der Waals surface area (Å²) < 4.78 is 1.36. The second-order valence-corrected chi connectivity index (χ2v) is 5.39. The number of aromatic nitrogens is 1. The molecule has 20 heavy (non-hydrogen) atoms. The smallest absolute Gasteiger partial charge is 0.263 e. The number of carbonyl (C=O) groups excluding carboxylic acids is 1.